The van der Waals surface area contributed by atoms with Crippen molar-refractivity contribution in [3.8, 4) is 17.6 Å². The van der Waals surface area contributed by atoms with Crippen LogP contribution in [-0.4, -0.2) is 24.5 Å². The first-order valence-corrected chi connectivity index (χ1v) is 7.53. The first-order chi connectivity index (χ1) is 11.8. The van der Waals surface area contributed by atoms with Crippen LogP contribution in [0.25, 0.3) is 10.9 Å². The van der Waals surface area contributed by atoms with E-state index < -0.39 is 0 Å². The van der Waals surface area contributed by atoms with E-state index in [-0.39, 0.29) is 12.5 Å². The Morgan fingerprint density at radius 2 is 1.88 bits per heavy atom. The first kappa shape index (κ1) is 15.6. The van der Waals surface area contributed by atoms with Crippen molar-refractivity contribution in [1.82, 2.24) is 10.3 Å². The molecule has 0 spiro atoms. The van der Waals surface area contributed by atoms with Gasteiger partial charge in [0.25, 0.3) is 5.91 Å². The van der Waals surface area contributed by atoms with Crippen LogP contribution in [0.3, 0.4) is 0 Å². The Hall–Kier alpha value is -3.32. The van der Waals surface area contributed by atoms with E-state index >= 15 is 0 Å². The summed E-state index contributed by atoms with van der Waals surface area (Å²) in [4.78, 5) is 16.5. The molecule has 2 aromatic carbocycles. The monoisotopic (exact) mass is 316 g/mol. The van der Waals surface area contributed by atoms with Crippen LogP contribution in [0.4, 0.5) is 0 Å². The fourth-order valence-corrected chi connectivity index (χ4v) is 2.23. The first-order valence-electron chi connectivity index (χ1n) is 7.53. The predicted molar refractivity (Wildman–Crippen MR) is 93.9 cm³/mol. The number of hydrogen-bond acceptors (Lipinski definition) is 3. The summed E-state index contributed by atoms with van der Waals surface area (Å²) < 4.78 is 5.09. The van der Waals surface area contributed by atoms with Crippen LogP contribution in [0.2, 0.25) is 0 Å². The highest BCUT2D eigenvalue weighted by atomic mass is 16.5. The summed E-state index contributed by atoms with van der Waals surface area (Å²) in [6, 6.07) is 18.7. The molecule has 4 heteroatoms. The molecule has 0 radical (unpaired) electrons. The zero-order valence-electron chi connectivity index (χ0n) is 13.2. The number of para-hydroxylation sites is 1. The zero-order chi connectivity index (χ0) is 16.8. The number of aromatic nitrogens is 1. The lowest BCUT2D eigenvalue weighted by molar-refractivity contribution is 0.0954. The maximum atomic E-state index is 12.1. The highest BCUT2D eigenvalue weighted by Gasteiger charge is 2.06. The lowest BCUT2D eigenvalue weighted by Gasteiger charge is -2.02. The second-order valence-corrected chi connectivity index (χ2v) is 5.10. The molecule has 3 rings (SSSR count). The second kappa shape index (κ2) is 7.30. The third-order valence-electron chi connectivity index (χ3n) is 3.49. The summed E-state index contributed by atoms with van der Waals surface area (Å²) in [6.45, 7) is 0.263. The molecule has 1 heterocycles. The summed E-state index contributed by atoms with van der Waals surface area (Å²) >= 11 is 0. The minimum Gasteiger partial charge on any atom is -0.497 e. The number of hydrogen-bond donors (Lipinski definition) is 1. The summed E-state index contributed by atoms with van der Waals surface area (Å²) in [6.07, 6.45) is 0. The molecule has 1 aromatic heterocycles. The molecule has 0 fully saturated rings. The molecule has 1 N–H and O–H groups in total. The van der Waals surface area contributed by atoms with Crippen molar-refractivity contribution >= 4 is 16.8 Å². The van der Waals surface area contributed by atoms with Crippen molar-refractivity contribution in [2.24, 2.45) is 0 Å². The minimum absolute atomic E-state index is 0.232. The minimum atomic E-state index is -0.232. The molecule has 24 heavy (non-hydrogen) atoms. The summed E-state index contributed by atoms with van der Waals surface area (Å²) in [5.74, 6) is 6.47. The van der Waals surface area contributed by atoms with Crippen LogP contribution in [0.15, 0.2) is 60.7 Å². The van der Waals surface area contributed by atoms with Gasteiger partial charge in [-0.1, -0.05) is 36.1 Å². The van der Waals surface area contributed by atoms with Gasteiger partial charge in [0.2, 0.25) is 0 Å². The zero-order valence-corrected chi connectivity index (χ0v) is 13.2. The van der Waals surface area contributed by atoms with Gasteiger partial charge in [-0.25, -0.2) is 4.98 Å². The standard InChI is InChI=1S/C20H16N2O2/c1-24-17-11-8-15(9-12-17)5-4-14-21-20(23)19-13-10-16-6-2-3-7-18(16)22-19/h2-3,6-13H,14H2,1H3,(H,21,23). The van der Waals surface area contributed by atoms with Crippen molar-refractivity contribution < 1.29 is 9.53 Å². The predicted octanol–water partition coefficient (Wildman–Crippen LogP) is 3.02. The van der Waals surface area contributed by atoms with Crippen molar-refractivity contribution in [3.63, 3.8) is 0 Å². The third kappa shape index (κ3) is 3.71. The number of fused-ring (bicyclic) bond motifs is 1. The molecule has 0 bridgehead atoms. The number of carbonyl (C=O) groups excluding carboxylic acids is 1. The number of amides is 1. The highest BCUT2D eigenvalue weighted by molar-refractivity contribution is 5.94. The molecular weight excluding hydrogens is 300 g/mol. The summed E-state index contributed by atoms with van der Waals surface area (Å²) in [5.41, 5.74) is 2.06. The largest absolute Gasteiger partial charge is 0.497 e. The third-order valence-corrected chi connectivity index (χ3v) is 3.49. The maximum absolute atomic E-state index is 12.1. The number of methoxy groups -OCH3 is 1. The number of ether oxygens (including phenoxy) is 1. The average Bonchev–Trinajstić information content (AvgIpc) is 2.65. The van der Waals surface area contributed by atoms with Gasteiger partial charge in [-0.05, 0) is 36.4 Å². The maximum Gasteiger partial charge on any atom is 0.270 e. The van der Waals surface area contributed by atoms with Crippen LogP contribution in [0.5, 0.6) is 5.75 Å². The summed E-state index contributed by atoms with van der Waals surface area (Å²) in [5, 5.41) is 3.76. The highest BCUT2D eigenvalue weighted by Crippen LogP contribution is 2.12. The SMILES string of the molecule is COc1ccc(C#CCNC(=O)c2ccc3ccccc3n2)cc1. The van der Waals surface area contributed by atoms with E-state index in [0.29, 0.717) is 5.69 Å². The quantitative estimate of drug-likeness (QED) is 0.756. The number of nitrogens with zero attached hydrogens (tertiary/aromatic N) is 1. The number of nitrogens with one attached hydrogen (secondary N) is 1. The van der Waals surface area contributed by atoms with Gasteiger partial charge < -0.3 is 10.1 Å². The van der Waals surface area contributed by atoms with Gasteiger partial charge in [-0.3, -0.25) is 4.79 Å². The topological polar surface area (TPSA) is 51.2 Å². The molecular formula is C20H16N2O2. The molecule has 0 saturated carbocycles. The van der Waals surface area contributed by atoms with E-state index in [2.05, 4.69) is 22.1 Å². The normalized spacial score (nSPS) is 9.88. The van der Waals surface area contributed by atoms with E-state index in [0.717, 1.165) is 22.2 Å². The number of pyridine rings is 1. The smallest absolute Gasteiger partial charge is 0.270 e. The number of benzene rings is 2. The van der Waals surface area contributed by atoms with Crippen molar-refractivity contribution in [3.05, 3.63) is 71.9 Å². The van der Waals surface area contributed by atoms with Gasteiger partial charge in [0.05, 0.1) is 19.2 Å². The van der Waals surface area contributed by atoms with Gasteiger partial charge in [-0.15, -0.1) is 0 Å². The molecule has 0 saturated heterocycles. The second-order valence-electron chi connectivity index (χ2n) is 5.10. The average molecular weight is 316 g/mol. The van der Waals surface area contributed by atoms with Crippen molar-refractivity contribution in [2.75, 3.05) is 13.7 Å². The van der Waals surface area contributed by atoms with E-state index in [9.17, 15) is 4.79 Å². The Labute approximate surface area is 140 Å². The van der Waals surface area contributed by atoms with Crippen LogP contribution in [-0.2, 0) is 0 Å². The molecule has 3 aromatic rings. The lowest BCUT2D eigenvalue weighted by Crippen LogP contribution is -2.24. The lowest BCUT2D eigenvalue weighted by atomic mass is 10.2. The Morgan fingerprint density at radius 3 is 2.67 bits per heavy atom. The van der Waals surface area contributed by atoms with Gasteiger partial charge in [-0.2, -0.15) is 0 Å². The summed E-state index contributed by atoms with van der Waals surface area (Å²) in [7, 11) is 1.62. The van der Waals surface area contributed by atoms with Gasteiger partial charge in [0.15, 0.2) is 0 Å². The van der Waals surface area contributed by atoms with Gasteiger partial charge in [0.1, 0.15) is 11.4 Å². The van der Waals surface area contributed by atoms with Crippen LogP contribution in [0.1, 0.15) is 16.1 Å². The molecule has 0 aliphatic heterocycles. The molecule has 1 amide bonds. The number of carbonyl (C=O) groups is 1. The van der Waals surface area contributed by atoms with Crippen LogP contribution < -0.4 is 10.1 Å². The van der Waals surface area contributed by atoms with Crippen LogP contribution in [0, 0.1) is 11.8 Å². The van der Waals surface area contributed by atoms with Crippen molar-refractivity contribution in [2.45, 2.75) is 0 Å². The molecule has 0 unspecified atom stereocenters. The Kier molecular flexibility index (Phi) is 4.73. The van der Waals surface area contributed by atoms with E-state index in [4.69, 9.17) is 4.74 Å². The fourth-order valence-electron chi connectivity index (χ4n) is 2.23. The van der Waals surface area contributed by atoms with Crippen molar-refractivity contribution in [1.29, 1.82) is 0 Å². The Bertz CT molecular complexity index is 922. The molecule has 118 valence electrons. The Morgan fingerprint density at radius 1 is 1.08 bits per heavy atom. The van der Waals surface area contributed by atoms with E-state index in [1.54, 1.807) is 13.2 Å². The van der Waals surface area contributed by atoms with E-state index in [1.807, 2.05) is 54.6 Å². The molecule has 0 aliphatic rings. The molecule has 4 nitrogen and oxygen atoms in total. The van der Waals surface area contributed by atoms with Gasteiger partial charge in [0, 0.05) is 10.9 Å². The number of rotatable bonds is 3. The van der Waals surface area contributed by atoms with E-state index in [1.165, 1.54) is 0 Å². The molecule has 0 atom stereocenters. The van der Waals surface area contributed by atoms with Gasteiger partial charge >= 0.3 is 0 Å². The van der Waals surface area contributed by atoms with Crippen LogP contribution >= 0.6 is 0 Å². The Balaban J connectivity index is 1.61. The fraction of sp³-hybridized carbons (Fsp3) is 0.100. The molecule has 0 aliphatic carbocycles.